The quantitative estimate of drug-likeness (QED) is 0.540. The standard InChI is InChI=1S/C23H24N4O4S2/c1-16-20(32-23(24-16)17-10-4-2-5-11-17)22(29)26-25-21(28)18-12-6-7-13-19(18)33(30,31)27-14-8-3-9-15-27/h2,4-7,10-13H,3,8-9,14-15H2,1H3,(H,25,28)(H,26,29). The van der Waals surface area contributed by atoms with Crippen LogP contribution in [-0.2, 0) is 10.0 Å². The minimum Gasteiger partial charge on any atom is -0.267 e. The lowest BCUT2D eigenvalue weighted by Crippen LogP contribution is -2.42. The van der Waals surface area contributed by atoms with E-state index in [2.05, 4.69) is 15.8 Å². The highest BCUT2D eigenvalue weighted by Gasteiger charge is 2.30. The number of carbonyl (C=O) groups is 2. The van der Waals surface area contributed by atoms with Gasteiger partial charge in [-0.2, -0.15) is 4.31 Å². The molecule has 2 amide bonds. The molecule has 0 radical (unpaired) electrons. The van der Waals surface area contributed by atoms with Crippen LogP contribution in [0, 0.1) is 6.92 Å². The van der Waals surface area contributed by atoms with E-state index in [1.807, 2.05) is 30.3 Å². The molecular weight excluding hydrogens is 460 g/mol. The minimum absolute atomic E-state index is 0.0191. The molecule has 0 atom stereocenters. The second-order valence-corrected chi connectivity index (χ2v) is 10.6. The Hall–Kier alpha value is -3.08. The fourth-order valence-corrected chi connectivity index (χ4v) is 6.35. The van der Waals surface area contributed by atoms with Crippen LogP contribution in [0.2, 0.25) is 0 Å². The molecule has 2 N–H and O–H groups in total. The Kier molecular flexibility index (Phi) is 6.87. The summed E-state index contributed by atoms with van der Waals surface area (Å²) in [4.78, 5) is 30.3. The number of rotatable bonds is 5. The molecule has 1 aliphatic heterocycles. The van der Waals surface area contributed by atoms with Crippen LogP contribution in [0.5, 0.6) is 0 Å². The first kappa shape index (κ1) is 23.1. The van der Waals surface area contributed by atoms with Crippen LogP contribution in [0.25, 0.3) is 10.6 Å². The fraction of sp³-hybridized carbons (Fsp3) is 0.261. The second-order valence-electron chi connectivity index (χ2n) is 7.67. The average Bonchev–Trinajstić information content (AvgIpc) is 3.25. The lowest BCUT2D eigenvalue weighted by Gasteiger charge is -2.26. The molecule has 0 bridgehead atoms. The maximum atomic E-state index is 13.1. The number of piperidine rings is 1. The molecule has 0 saturated carbocycles. The number of hydrogen-bond donors (Lipinski definition) is 2. The zero-order valence-corrected chi connectivity index (χ0v) is 19.7. The summed E-state index contributed by atoms with van der Waals surface area (Å²) in [5, 5.41) is 0.697. The summed E-state index contributed by atoms with van der Waals surface area (Å²) in [5.41, 5.74) is 6.15. The van der Waals surface area contributed by atoms with Gasteiger partial charge < -0.3 is 0 Å². The normalized spacial score (nSPS) is 14.6. The van der Waals surface area contributed by atoms with E-state index in [9.17, 15) is 18.0 Å². The Morgan fingerprint density at radius 3 is 2.27 bits per heavy atom. The Labute approximate surface area is 196 Å². The maximum Gasteiger partial charge on any atom is 0.281 e. The third-order valence-electron chi connectivity index (χ3n) is 5.38. The van der Waals surface area contributed by atoms with E-state index in [0.29, 0.717) is 28.7 Å². The van der Waals surface area contributed by atoms with Gasteiger partial charge in [-0.25, -0.2) is 13.4 Å². The van der Waals surface area contributed by atoms with Crippen LogP contribution in [0.4, 0.5) is 0 Å². The molecule has 4 rings (SSSR count). The number of aryl methyl sites for hydroxylation is 1. The van der Waals surface area contributed by atoms with Gasteiger partial charge in [-0.3, -0.25) is 20.4 Å². The molecule has 172 valence electrons. The molecule has 2 heterocycles. The summed E-state index contributed by atoms with van der Waals surface area (Å²) < 4.78 is 27.6. The number of hydrazine groups is 1. The Balaban J connectivity index is 1.49. The lowest BCUT2D eigenvalue weighted by atomic mass is 10.2. The molecule has 1 fully saturated rings. The van der Waals surface area contributed by atoms with Crippen molar-refractivity contribution in [3.8, 4) is 10.6 Å². The van der Waals surface area contributed by atoms with Crippen molar-refractivity contribution in [1.29, 1.82) is 0 Å². The Morgan fingerprint density at radius 1 is 0.909 bits per heavy atom. The van der Waals surface area contributed by atoms with E-state index in [4.69, 9.17) is 0 Å². The van der Waals surface area contributed by atoms with Gasteiger partial charge in [0.2, 0.25) is 10.0 Å². The third kappa shape index (κ3) is 4.97. The monoisotopic (exact) mass is 484 g/mol. The maximum absolute atomic E-state index is 13.1. The molecule has 1 aromatic heterocycles. The van der Waals surface area contributed by atoms with Crippen molar-refractivity contribution in [3.63, 3.8) is 0 Å². The van der Waals surface area contributed by atoms with Gasteiger partial charge in [0, 0.05) is 18.7 Å². The van der Waals surface area contributed by atoms with Crippen molar-refractivity contribution in [2.75, 3.05) is 13.1 Å². The average molecular weight is 485 g/mol. The van der Waals surface area contributed by atoms with E-state index in [0.717, 1.165) is 24.8 Å². The summed E-state index contributed by atoms with van der Waals surface area (Å²) in [6.07, 6.45) is 2.58. The van der Waals surface area contributed by atoms with E-state index in [1.54, 1.807) is 19.1 Å². The number of carbonyl (C=O) groups excluding carboxylic acids is 2. The number of benzene rings is 2. The first-order valence-corrected chi connectivity index (χ1v) is 12.9. The Bertz CT molecular complexity index is 1270. The predicted molar refractivity (Wildman–Crippen MR) is 126 cm³/mol. The number of thiazole rings is 1. The number of hydrogen-bond acceptors (Lipinski definition) is 6. The second kappa shape index (κ2) is 9.82. The molecular formula is C23H24N4O4S2. The van der Waals surface area contributed by atoms with Gasteiger partial charge in [0.05, 0.1) is 16.2 Å². The summed E-state index contributed by atoms with van der Waals surface area (Å²) in [6, 6.07) is 15.5. The topological polar surface area (TPSA) is 108 Å². The lowest BCUT2D eigenvalue weighted by molar-refractivity contribution is 0.0846. The molecule has 0 aliphatic carbocycles. The van der Waals surface area contributed by atoms with Gasteiger partial charge in [-0.05, 0) is 31.9 Å². The van der Waals surface area contributed by atoms with Crippen molar-refractivity contribution in [2.24, 2.45) is 0 Å². The Morgan fingerprint density at radius 2 is 1.55 bits per heavy atom. The van der Waals surface area contributed by atoms with Crippen LogP contribution in [0.3, 0.4) is 0 Å². The van der Waals surface area contributed by atoms with Crippen molar-refractivity contribution < 1.29 is 18.0 Å². The zero-order valence-electron chi connectivity index (χ0n) is 18.1. The minimum atomic E-state index is -3.81. The third-order valence-corrected chi connectivity index (χ3v) is 8.54. The van der Waals surface area contributed by atoms with Crippen LogP contribution in [0.1, 0.15) is 45.0 Å². The molecule has 1 aliphatic rings. The molecule has 8 nitrogen and oxygen atoms in total. The highest BCUT2D eigenvalue weighted by molar-refractivity contribution is 7.89. The highest BCUT2D eigenvalue weighted by Crippen LogP contribution is 2.28. The first-order valence-electron chi connectivity index (χ1n) is 10.6. The van der Waals surface area contributed by atoms with Crippen LogP contribution in [0.15, 0.2) is 59.5 Å². The number of nitrogens with one attached hydrogen (secondary N) is 2. The summed E-state index contributed by atoms with van der Waals surface area (Å²) in [5.74, 6) is -1.22. The van der Waals surface area contributed by atoms with Crippen molar-refractivity contribution >= 4 is 33.2 Å². The first-order chi connectivity index (χ1) is 15.9. The van der Waals surface area contributed by atoms with Gasteiger partial charge in [-0.1, -0.05) is 48.9 Å². The highest BCUT2D eigenvalue weighted by atomic mass is 32.2. The molecule has 2 aromatic carbocycles. The van der Waals surface area contributed by atoms with Gasteiger partial charge in [-0.15, -0.1) is 11.3 Å². The summed E-state index contributed by atoms with van der Waals surface area (Å²) in [7, 11) is -3.81. The molecule has 33 heavy (non-hydrogen) atoms. The predicted octanol–water partition coefficient (Wildman–Crippen LogP) is 3.37. The van der Waals surface area contributed by atoms with E-state index < -0.39 is 21.8 Å². The summed E-state index contributed by atoms with van der Waals surface area (Å²) >= 11 is 1.22. The van der Waals surface area contributed by atoms with Crippen LogP contribution >= 0.6 is 11.3 Å². The van der Waals surface area contributed by atoms with Crippen LogP contribution < -0.4 is 10.9 Å². The van der Waals surface area contributed by atoms with E-state index in [-0.39, 0.29) is 10.5 Å². The SMILES string of the molecule is Cc1nc(-c2ccccc2)sc1C(=O)NNC(=O)c1ccccc1S(=O)(=O)N1CCCCC1. The van der Waals surface area contributed by atoms with Gasteiger partial charge in [0.1, 0.15) is 9.88 Å². The van der Waals surface area contributed by atoms with Gasteiger partial charge in [0.25, 0.3) is 11.8 Å². The molecule has 10 heteroatoms. The number of amides is 2. The van der Waals surface area contributed by atoms with E-state index >= 15 is 0 Å². The number of nitrogens with zero attached hydrogens (tertiary/aromatic N) is 2. The largest absolute Gasteiger partial charge is 0.281 e. The van der Waals surface area contributed by atoms with Crippen molar-refractivity contribution in [3.05, 3.63) is 70.7 Å². The fourth-order valence-electron chi connectivity index (χ4n) is 3.67. The molecule has 3 aromatic rings. The smallest absolute Gasteiger partial charge is 0.267 e. The van der Waals surface area contributed by atoms with Crippen molar-refractivity contribution in [2.45, 2.75) is 31.1 Å². The number of sulfonamides is 1. The number of aromatic nitrogens is 1. The van der Waals surface area contributed by atoms with Crippen LogP contribution in [-0.4, -0.2) is 42.6 Å². The zero-order chi connectivity index (χ0) is 23.4. The van der Waals surface area contributed by atoms with Gasteiger partial charge in [0.15, 0.2) is 0 Å². The van der Waals surface area contributed by atoms with Gasteiger partial charge >= 0.3 is 0 Å². The molecule has 1 saturated heterocycles. The summed E-state index contributed by atoms with van der Waals surface area (Å²) in [6.45, 7) is 2.59. The van der Waals surface area contributed by atoms with E-state index in [1.165, 1.54) is 27.8 Å². The molecule has 0 unspecified atom stereocenters. The molecule has 0 spiro atoms. The van der Waals surface area contributed by atoms with Crippen molar-refractivity contribution in [1.82, 2.24) is 20.1 Å².